The summed E-state index contributed by atoms with van der Waals surface area (Å²) >= 11 is 0. The van der Waals surface area contributed by atoms with Crippen molar-refractivity contribution < 1.29 is 4.57 Å². The lowest BCUT2D eigenvalue weighted by molar-refractivity contribution is -0.643. The van der Waals surface area contributed by atoms with Gasteiger partial charge in [0.1, 0.15) is 7.05 Å². The Morgan fingerprint density at radius 2 is 1.58 bits per heavy atom. The van der Waals surface area contributed by atoms with Gasteiger partial charge in [-0.25, -0.2) is 4.57 Å². The van der Waals surface area contributed by atoms with Crippen LogP contribution < -0.4 is 4.57 Å². The van der Waals surface area contributed by atoms with E-state index in [1.54, 1.807) is 0 Å². The summed E-state index contributed by atoms with van der Waals surface area (Å²) in [5.41, 5.74) is 10.7. The third-order valence-corrected chi connectivity index (χ3v) is 7.73. The van der Waals surface area contributed by atoms with Crippen molar-refractivity contribution >= 4 is 49.0 Å². The number of rotatable bonds is 2. The van der Waals surface area contributed by atoms with Crippen LogP contribution in [0.15, 0.2) is 85.1 Å². The van der Waals surface area contributed by atoms with Crippen LogP contribution in [0.3, 0.4) is 0 Å². The molecule has 0 radical (unpaired) electrons. The highest BCUT2D eigenvalue weighted by atomic mass is 15.0. The normalized spacial score (nSPS) is 12.7. The Bertz CT molecular complexity index is 1950. The summed E-state index contributed by atoms with van der Waals surface area (Å²) in [5, 5.41) is 6.69. The number of hydrogen-bond acceptors (Lipinski definition) is 0. The van der Waals surface area contributed by atoms with Gasteiger partial charge in [-0.1, -0.05) is 81.4 Å². The first-order valence-electron chi connectivity index (χ1n) is 12.9. The summed E-state index contributed by atoms with van der Waals surface area (Å²) in [6.45, 7) is 9.24. The van der Waals surface area contributed by atoms with Gasteiger partial charge in [0.15, 0.2) is 6.20 Å². The molecule has 0 aliphatic rings. The molecule has 0 bridgehead atoms. The minimum atomic E-state index is 0.223. The molecular formula is C34H31N2+. The molecule has 0 amide bonds. The molecule has 0 unspecified atom stereocenters. The topological polar surface area (TPSA) is 8.29 Å². The number of aromatic nitrogens is 2. The molecule has 7 aromatic rings. The van der Waals surface area contributed by atoms with Crippen LogP contribution in [0, 0.1) is 12.3 Å². The van der Waals surface area contributed by atoms with Gasteiger partial charge in [-0.3, -0.25) is 0 Å². The largest absolute Gasteiger partial charge is 0.307 e. The van der Waals surface area contributed by atoms with E-state index in [9.17, 15) is 0 Å². The molecule has 2 nitrogen and oxygen atoms in total. The van der Waals surface area contributed by atoms with Crippen LogP contribution in [0.4, 0.5) is 0 Å². The van der Waals surface area contributed by atoms with Crippen LogP contribution in [0.1, 0.15) is 31.9 Å². The van der Waals surface area contributed by atoms with Crippen LogP contribution in [-0.2, 0) is 13.5 Å². The third kappa shape index (κ3) is 2.94. The fourth-order valence-electron chi connectivity index (χ4n) is 6.40. The lowest BCUT2D eigenvalue weighted by Gasteiger charge is -2.20. The SMILES string of the molecule is Cc1ccc2c3c(-c4ccccc4)cccc3n3c4cc(CC(C)(C)C)cc5cc[n+](C)c(c1c23)c54. The number of aryl methyl sites for hydroxylation is 2. The van der Waals surface area contributed by atoms with Gasteiger partial charge in [0, 0.05) is 16.8 Å². The maximum atomic E-state index is 2.56. The molecule has 0 saturated heterocycles. The molecule has 2 heteroatoms. The molecule has 0 N–H and O–H groups in total. The van der Waals surface area contributed by atoms with E-state index in [-0.39, 0.29) is 5.41 Å². The third-order valence-electron chi connectivity index (χ3n) is 7.73. The molecule has 176 valence electrons. The van der Waals surface area contributed by atoms with Crippen molar-refractivity contribution in [2.75, 3.05) is 0 Å². The predicted octanol–water partition coefficient (Wildman–Crippen LogP) is 8.38. The van der Waals surface area contributed by atoms with Gasteiger partial charge in [-0.2, -0.15) is 0 Å². The predicted molar refractivity (Wildman–Crippen MR) is 153 cm³/mol. The Hall–Kier alpha value is -3.91. The van der Waals surface area contributed by atoms with Crippen molar-refractivity contribution in [2.24, 2.45) is 12.5 Å². The highest BCUT2D eigenvalue weighted by molar-refractivity contribution is 6.27. The van der Waals surface area contributed by atoms with Crippen LogP contribution in [-0.4, -0.2) is 4.40 Å². The Kier molecular flexibility index (Phi) is 4.34. The quantitative estimate of drug-likeness (QED) is 0.137. The first-order chi connectivity index (χ1) is 17.3. The standard InChI is InChI=1S/C34H31N2/c1-21-14-15-26-31-25(23-10-7-6-8-11-23)12-9-13-27(31)36-28-19-22(20-34(2,3)4)18-24-16-17-35(5)33(30(24)28)29(21)32(26)36/h6-19H,20H2,1-5H3/q+1. The van der Waals surface area contributed by atoms with E-state index in [1.807, 2.05) is 0 Å². The lowest BCUT2D eigenvalue weighted by atomic mass is 9.87. The van der Waals surface area contributed by atoms with Crippen molar-refractivity contribution in [3.63, 3.8) is 0 Å². The molecule has 36 heavy (non-hydrogen) atoms. The van der Waals surface area contributed by atoms with Gasteiger partial charge in [0.2, 0.25) is 5.52 Å². The summed E-state index contributed by atoms with van der Waals surface area (Å²) in [4.78, 5) is 0. The number of benzene rings is 4. The number of pyridine rings is 2. The Morgan fingerprint density at radius 3 is 2.36 bits per heavy atom. The molecule has 3 aromatic heterocycles. The number of nitrogens with zero attached hydrogens (tertiary/aromatic N) is 2. The van der Waals surface area contributed by atoms with Crippen molar-refractivity contribution in [2.45, 2.75) is 34.1 Å². The molecule has 0 aliphatic carbocycles. The first-order valence-corrected chi connectivity index (χ1v) is 12.9. The Morgan fingerprint density at radius 1 is 0.778 bits per heavy atom. The van der Waals surface area contributed by atoms with Crippen LogP contribution >= 0.6 is 0 Å². The molecule has 3 heterocycles. The van der Waals surface area contributed by atoms with Gasteiger partial charge < -0.3 is 4.40 Å². The molecule has 0 atom stereocenters. The molecule has 0 saturated carbocycles. The van der Waals surface area contributed by atoms with Crippen molar-refractivity contribution in [3.8, 4) is 11.1 Å². The molecule has 4 aromatic carbocycles. The zero-order valence-corrected chi connectivity index (χ0v) is 21.7. The summed E-state index contributed by atoms with van der Waals surface area (Å²) in [5.74, 6) is 0. The van der Waals surface area contributed by atoms with E-state index in [4.69, 9.17) is 0 Å². The highest BCUT2D eigenvalue weighted by Crippen LogP contribution is 2.44. The van der Waals surface area contributed by atoms with Crippen LogP contribution in [0.2, 0.25) is 0 Å². The second kappa shape index (κ2) is 7.30. The van der Waals surface area contributed by atoms with Gasteiger partial charge >= 0.3 is 0 Å². The monoisotopic (exact) mass is 467 g/mol. The van der Waals surface area contributed by atoms with E-state index in [1.165, 1.54) is 71.3 Å². The van der Waals surface area contributed by atoms with Crippen LogP contribution in [0.25, 0.3) is 60.1 Å². The molecule has 7 rings (SSSR count). The van der Waals surface area contributed by atoms with Gasteiger partial charge in [0.05, 0.1) is 27.3 Å². The van der Waals surface area contributed by atoms with Crippen molar-refractivity contribution in [1.82, 2.24) is 4.40 Å². The van der Waals surface area contributed by atoms with E-state index >= 15 is 0 Å². The molecule has 0 aliphatic heterocycles. The minimum Gasteiger partial charge on any atom is -0.307 e. The summed E-state index contributed by atoms with van der Waals surface area (Å²) in [7, 11) is 2.19. The number of fused-ring (bicyclic) bond motifs is 5. The second-order valence-electron chi connectivity index (χ2n) is 11.6. The lowest BCUT2D eigenvalue weighted by Crippen LogP contribution is -2.29. The average Bonchev–Trinajstić information content (AvgIpc) is 3.19. The van der Waals surface area contributed by atoms with Gasteiger partial charge in [0.25, 0.3) is 0 Å². The van der Waals surface area contributed by atoms with E-state index < -0.39 is 0 Å². The van der Waals surface area contributed by atoms with Gasteiger partial charge in [-0.05, 0) is 58.5 Å². The van der Waals surface area contributed by atoms with E-state index in [2.05, 4.69) is 129 Å². The summed E-state index contributed by atoms with van der Waals surface area (Å²) < 4.78 is 4.87. The summed E-state index contributed by atoms with van der Waals surface area (Å²) in [6.07, 6.45) is 3.28. The summed E-state index contributed by atoms with van der Waals surface area (Å²) in [6, 6.07) is 29.4. The van der Waals surface area contributed by atoms with E-state index in [0.717, 1.165) is 6.42 Å². The zero-order chi connectivity index (χ0) is 24.8. The molecular weight excluding hydrogens is 436 g/mol. The Balaban J connectivity index is 1.78. The molecule has 0 fully saturated rings. The molecule has 0 spiro atoms. The highest BCUT2D eigenvalue weighted by Gasteiger charge is 2.25. The number of hydrogen-bond donors (Lipinski definition) is 0. The smallest absolute Gasteiger partial charge is 0.224 e. The maximum Gasteiger partial charge on any atom is 0.224 e. The average molecular weight is 468 g/mol. The van der Waals surface area contributed by atoms with E-state index in [0.29, 0.717) is 0 Å². The van der Waals surface area contributed by atoms with Crippen molar-refractivity contribution in [3.05, 3.63) is 96.2 Å². The fourth-order valence-corrected chi connectivity index (χ4v) is 6.40. The Labute approximate surface area is 211 Å². The maximum absolute atomic E-state index is 2.56. The van der Waals surface area contributed by atoms with Crippen molar-refractivity contribution in [1.29, 1.82) is 0 Å². The van der Waals surface area contributed by atoms with Gasteiger partial charge in [-0.15, -0.1) is 0 Å². The minimum absolute atomic E-state index is 0.223. The first kappa shape index (κ1) is 21.4. The second-order valence-corrected chi connectivity index (χ2v) is 11.6. The zero-order valence-electron chi connectivity index (χ0n) is 21.7. The fraction of sp³-hybridized carbons (Fsp3) is 0.206. The van der Waals surface area contributed by atoms with Crippen LogP contribution in [0.5, 0.6) is 0 Å².